The van der Waals surface area contributed by atoms with Crippen molar-refractivity contribution in [1.29, 1.82) is 0 Å². The molecule has 7 heteroatoms. The molecule has 0 aromatic heterocycles. The third-order valence-electron chi connectivity index (χ3n) is 4.86. The minimum absolute atomic E-state index is 0.0821. The summed E-state index contributed by atoms with van der Waals surface area (Å²) >= 11 is 0. The number of carbonyl (C=O) groups excluding carboxylic acids is 2. The molecule has 2 amide bonds. The quantitative estimate of drug-likeness (QED) is 0.734. The van der Waals surface area contributed by atoms with Gasteiger partial charge in [0.25, 0.3) is 0 Å². The molecule has 1 heterocycles. The normalized spacial score (nSPS) is 13.8. The van der Waals surface area contributed by atoms with Crippen molar-refractivity contribution in [3.8, 4) is 5.75 Å². The Morgan fingerprint density at radius 1 is 0.931 bits per heavy atom. The predicted octanol–water partition coefficient (Wildman–Crippen LogP) is 1.68. The SMILES string of the molecule is COc1ccc(CNC(=O)COCC(=O)N2CCN(c3ccccc3)CC2)cc1. The lowest BCUT2D eigenvalue weighted by molar-refractivity contribution is -0.138. The Balaban J connectivity index is 1.32. The number of benzene rings is 2. The van der Waals surface area contributed by atoms with Gasteiger partial charge in [-0.15, -0.1) is 0 Å². The Bertz CT molecular complexity index is 787. The van der Waals surface area contributed by atoms with E-state index in [4.69, 9.17) is 9.47 Å². The molecule has 0 radical (unpaired) electrons. The Morgan fingerprint density at radius 3 is 2.28 bits per heavy atom. The van der Waals surface area contributed by atoms with Crippen LogP contribution >= 0.6 is 0 Å². The van der Waals surface area contributed by atoms with Crippen LogP contribution in [0, 0.1) is 0 Å². The summed E-state index contributed by atoms with van der Waals surface area (Å²) in [7, 11) is 1.61. The third-order valence-corrected chi connectivity index (χ3v) is 4.86. The minimum Gasteiger partial charge on any atom is -0.497 e. The summed E-state index contributed by atoms with van der Waals surface area (Å²) in [6.07, 6.45) is 0. The first-order valence-corrected chi connectivity index (χ1v) is 9.71. The zero-order valence-corrected chi connectivity index (χ0v) is 16.7. The van der Waals surface area contributed by atoms with Gasteiger partial charge >= 0.3 is 0 Å². The van der Waals surface area contributed by atoms with Crippen LogP contribution in [0.4, 0.5) is 5.69 Å². The van der Waals surface area contributed by atoms with Crippen LogP contribution in [0.2, 0.25) is 0 Å². The third kappa shape index (κ3) is 6.22. The molecule has 3 rings (SSSR count). The zero-order chi connectivity index (χ0) is 20.5. The molecular formula is C22H27N3O4. The number of methoxy groups -OCH3 is 1. The monoisotopic (exact) mass is 397 g/mol. The molecule has 154 valence electrons. The smallest absolute Gasteiger partial charge is 0.248 e. The lowest BCUT2D eigenvalue weighted by atomic mass is 10.2. The van der Waals surface area contributed by atoms with Gasteiger partial charge in [0.15, 0.2) is 0 Å². The fraction of sp³-hybridized carbons (Fsp3) is 0.364. The van der Waals surface area contributed by atoms with Gasteiger partial charge in [-0.2, -0.15) is 0 Å². The van der Waals surface area contributed by atoms with E-state index < -0.39 is 0 Å². The molecule has 0 spiro atoms. The van der Waals surface area contributed by atoms with Crippen LogP contribution in [0.15, 0.2) is 54.6 Å². The number of carbonyl (C=O) groups is 2. The molecule has 0 unspecified atom stereocenters. The first-order valence-electron chi connectivity index (χ1n) is 9.71. The Hall–Kier alpha value is -3.06. The Labute approximate surface area is 171 Å². The molecule has 0 bridgehead atoms. The van der Waals surface area contributed by atoms with Gasteiger partial charge in [0.2, 0.25) is 11.8 Å². The van der Waals surface area contributed by atoms with Gasteiger partial charge in [-0.25, -0.2) is 0 Å². The molecular weight excluding hydrogens is 370 g/mol. The summed E-state index contributed by atoms with van der Waals surface area (Å²) in [6, 6.07) is 17.6. The van der Waals surface area contributed by atoms with Crippen LogP contribution in [0.5, 0.6) is 5.75 Å². The van der Waals surface area contributed by atoms with Crippen LogP contribution in [-0.2, 0) is 20.9 Å². The van der Waals surface area contributed by atoms with Crippen molar-refractivity contribution in [2.45, 2.75) is 6.54 Å². The van der Waals surface area contributed by atoms with E-state index in [1.807, 2.05) is 42.5 Å². The second-order valence-corrected chi connectivity index (χ2v) is 6.82. The van der Waals surface area contributed by atoms with E-state index in [2.05, 4.69) is 22.3 Å². The van der Waals surface area contributed by atoms with Crippen LogP contribution in [0.3, 0.4) is 0 Å². The first kappa shape index (κ1) is 20.7. The highest BCUT2D eigenvalue weighted by molar-refractivity contribution is 5.79. The number of para-hydroxylation sites is 1. The number of hydrogen-bond donors (Lipinski definition) is 1. The van der Waals surface area contributed by atoms with Gasteiger partial charge < -0.3 is 24.6 Å². The Morgan fingerprint density at radius 2 is 1.62 bits per heavy atom. The van der Waals surface area contributed by atoms with E-state index >= 15 is 0 Å². The van der Waals surface area contributed by atoms with Crippen molar-refractivity contribution in [2.24, 2.45) is 0 Å². The molecule has 2 aromatic rings. The molecule has 2 aromatic carbocycles. The first-order chi connectivity index (χ1) is 14.2. The van der Waals surface area contributed by atoms with E-state index in [-0.39, 0.29) is 25.0 Å². The summed E-state index contributed by atoms with van der Waals surface area (Å²) in [5.41, 5.74) is 2.14. The number of nitrogens with one attached hydrogen (secondary N) is 1. The fourth-order valence-corrected chi connectivity index (χ4v) is 3.17. The Kier molecular flexibility index (Phi) is 7.47. The summed E-state index contributed by atoms with van der Waals surface area (Å²) in [4.78, 5) is 28.3. The topological polar surface area (TPSA) is 71.1 Å². The number of rotatable bonds is 8. The van der Waals surface area contributed by atoms with Crippen molar-refractivity contribution < 1.29 is 19.1 Å². The molecule has 1 fully saturated rings. The van der Waals surface area contributed by atoms with Crippen molar-refractivity contribution in [2.75, 3.05) is 51.4 Å². The average molecular weight is 397 g/mol. The molecule has 0 saturated carbocycles. The number of piperazine rings is 1. The lowest BCUT2D eigenvalue weighted by Crippen LogP contribution is -2.50. The molecule has 0 atom stereocenters. The predicted molar refractivity (Wildman–Crippen MR) is 111 cm³/mol. The summed E-state index contributed by atoms with van der Waals surface area (Å²) in [5.74, 6) is 0.440. The number of nitrogens with zero attached hydrogens (tertiary/aromatic N) is 2. The highest BCUT2D eigenvalue weighted by atomic mass is 16.5. The summed E-state index contributed by atoms with van der Waals surface area (Å²) in [5, 5.41) is 2.78. The number of ether oxygens (including phenoxy) is 2. The minimum atomic E-state index is -0.248. The highest BCUT2D eigenvalue weighted by Gasteiger charge is 2.21. The molecule has 0 aliphatic carbocycles. The molecule has 1 aliphatic rings. The van der Waals surface area contributed by atoms with E-state index in [1.54, 1.807) is 12.0 Å². The second-order valence-electron chi connectivity index (χ2n) is 6.82. The zero-order valence-electron chi connectivity index (χ0n) is 16.7. The molecule has 1 saturated heterocycles. The largest absolute Gasteiger partial charge is 0.497 e. The van der Waals surface area contributed by atoms with Crippen molar-refractivity contribution in [1.82, 2.24) is 10.2 Å². The van der Waals surface area contributed by atoms with Gasteiger partial charge in [-0.05, 0) is 29.8 Å². The summed E-state index contributed by atoms with van der Waals surface area (Å²) < 4.78 is 10.4. The van der Waals surface area contributed by atoms with Crippen LogP contribution in [0.25, 0.3) is 0 Å². The maximum atomic E-state index is 12.3. The van der Waals surface area contributed by atoms with E-state index in [1.165, 1.54) is 5.69 Å². The van der Waals surface area contributed by atoms with Crippen LogP contribution < -0.4 is 15.0 Å². The van der Waals surface area contributed by atoms with Crippen molar-refractivity contribution in [3.63, 3.8) is 0 Å². The molecule has 7 nitrogen and oxygen atoms in total. The van der Waals surface area contributed by atoms with E-state index in [0.717, 1.165) is 24.4 Å². The van der Waals surface area contributed by atoms with Crippen LogP contribution in [0.1, 0.15) is 5.56 Å². The standard InChI is InChI=1S/C22H27N3O4/c1-28-20-9-7-18(8-10-20)15-23-21(26)16-29-17-22(27)25-13-11-24(12-14-25)19-5-3-2-4-6-19/h2-10H,11-17H2,1H3,(H,23,26). The molecule has 1 N–H and O–H groups in total. The fourth-order valence-electron chi connectivity index (χ4n) is 3.17. The van der Waals surface area contributed by atoms with E-state index in [0.29, 0.717) is 19.6 Å². The number of hydrogen-bond acceptors (Lipinski definition) is 5. The van der Waals surface area contributed by atoms with Gasteiger partial charge in [0.1, 0.15) is 19.0 Å². The van der Waals surface area contributed by atoms with Gasteiger partial charge in [-0.1, -0.05) is 30.3 Å². The highest BCUT2D eigenvalue weighted by Crippen LogP contribution is 2.15. The van der Waals surface area contributed by atoms with Crippen molar-refractivity contribution in [3.05, 3.63) is 60.2 Å². The molecule has 29 heavy (non-hydrogen) atoms. The maximum absolute atomic E-state index is 12.3. The van der Waals surface area contributed by atoms with Gasteiger partial charge in [0.05, 0.1) is 7.11 Å². The van der Waals surface area contributed by atoms with Crippen LogP contribution in [-0.4, -0.2) is 63.2 Å². The number of amides is 2. The summed E-state index contributed by atoms with van der Waals surface area (Å²) in [6.45, 7) is 3.08. The second kappa shape index (κ2) is 10.5. The molecule has 1 aliphatic heterocycles. The maximum Gasteiger partial charge on any atom is 0.248 e. The van der Waals surface area contributed by atoms with E-state index in [9.17, 15) is 9.59 Å². The number of anilines is 1. The van der Waals surface area contributed by atoms with Gasteiger partial charge in [-0.3, -0.25) is 9.59 Å². The van der Waals surface area contributed by atoms with Crippen molar-refractivity contribution >= 4 is 17.5 Å². The lowest BCUT2D eigenvalue weighted by Gasteiger charge is -2.36. The van der Waals surface area contributed by atoms with Gasteiger partial charge in [0, 0.05) is 38.4 Å². The average Bonchev–Trinajstić information content (AvgIpc) is 2.78.